The average molecular weight is 388 g/mol. The number of thiophene rings is 1. The molecule has 0 aliphatic carbocycles. The molecule has 0 saturated carbocycles. The van der Waals surface area contributed by atoms with E-state index in [2.05, 4.69) is 10.6 Å². The maximum Gasteiger partial charge on any atom is 0.265 e. The second-order valence-electron chi connectivity index (χ2n) is 5.15. The van der Waals surface area contributed by atoms with Crippen molar-refractivity contribution >= 4 is 52.8 Å². The molecular weight excluding hydrogens is 369 g/mol. The first-order valence-electron chi connectivity index (χ1n) is 7.15. The Kier molecular flexibility index (Phi) is 8.21. The van der Waals surface area contributed by atoms with Gasteiger partial charge in [0, 0.05) is 18.2 Å². The number of hydrogen-bond donors (Lipinski definition) is 3. The number of amides is 2. The molecule has 0 bridgehead atoms. The largest absolute Gasteiger partial charge is 0.352 e. The Morgan fingerprint density at radius 3 is 2.67 bits per heavy atom. The molecule has 0 spiro atoms. The molecule has 2 rings (SSSR count). The molecule has 130 valence electrons. The van der Waals surface area contributed by atoms with Crippen LogP contribution in [0.4, 0.5) is 5.69 Å². The Labute approximate surface area is 156 Å². The minimum atomic E-state index is -0.253. The quantitative estimate of drug-likeness (QED) is 0.708. The molecule has 1 unspecified atom stereocenters. The van der Waals surface area contributed by atoms with Crippen molar-refractivity contribution in [2.45, 2.75) is 19.4 Å². The van der Waals surface area contributed by atoms with E-state index in [1.54, 1.807) is 30.3 Å². The highest BCUT2D eigenvalue weighted by Gasteiger charge is 2.12. The highest BCUT2D eigenvalue weighted by atomic mass is 35.5. The average Bonchev–Trinajstić information content (AvgIpc) is 3.03. The summed E-state index contributed by atoms with van der Waals surface area (Å²) in [4.78, 5) is 24.8. The van der Waals surface area contributed by atoms with E-state index in [4.69, 9.17) is 17.3 Å². The number of rotatable bonds is 6. The maximum absolute atomic E-state index is 12.1. The lowest BCUT2D eigenvalue weighted by Crippen LogP contribution is -2.29. The predicted octanol–water partition coefficient (Wildman–Crippen LogP) is 3.54. The van der Waals surface area contributed by atoms with Gasteiger partial charge in [0.1, 0.15) is 0 Å². The summed E-state index contributed by atoms with van der Waals surface area (Å²) in [7, 11) is 0. The van der Waals surface area contributed by atoms with Crippen LogP contribution in [0.15, 0.2) is 35.7 Å². The fourth-order valence-corrected chi connectivity index (χ4v) is 2.65. The Bertz CT molecular complexity index is 691. The summed E-state index contributed by atoms with van der Waals surface area (Å²) in [6, 6.07) is 8.31. The van der Waals surface area contributed by atoms with Gasteiger partial charge in [0.15, 0.2) is 0 Å². The minimum Gasteiger partial charge on any atom is -0.352 e. The third kappa shape index (κ3) is 5.79. The zero-order valence-corrected chi connectivity index (χ0v) is 15.4. The van der Waals surface area contributed by atoms with E-state index in [-0.39, 0.29) is 30.3 Å². The first-order valence-corrected chi connectivity index (χ1v) is 8.41. The predicted molar refractivity (Wildman–Crippen MR) is 102 cm³/mol. The van der Waals surface area contributed by atoms with Gasteiger partial charge >= 0.3 is 0 Å². The van der Waals surface area contributed by atoms with Crippen molar-refractivity contribution in [3.05, 3.63) is 51.2 Å². The van der Waals surface area contributed by atoms with E-state index in [1.165, 1.54) is 11.3 Å². The molecule has 1 aromatic carbocycles. The molecule has 1 atom stereocenters. The Morgan fingerprint density at radius 2 is 2.04 bits per heavy atom. The number of benzene rings is 1. The van der Waals surface area contributed by atoms with E-state index in [0.717, 1.165) is 0 Å². The van der Waals surface area contributed by atoms with Crippen LogP contribution >= 0.6 is 35.3 Å². The van der Waals surface area contributed by atoms with Crippen molar-refractivity contribution in [3.8, 4) is 0 Å². The van der Waals surface area contributed by atoms with Crippen LogP contribution in [0.2, 0.25) is 5.02 Å². The fourth-order valence-electron chi connectivity index (χ4n) is 1.87. The number of carbonyl (C=O) groups excluding carboxylic acids is 2. The van der Waals surface area contributed by atoms with Crippen LogP contribution < -0.4 is 16.4 Å². The van der Waals surface area contributed by atoms with E-state index in [0.29, 0.717) is 34.1 Å². The normalized spacial score (nSPS) is 11.3. The number of hydrogen-bond acceptors (Lipinski definition) is 4. The SMILES string of the molecule is CC(N)CCNC(=O)c1ccc(Cl)c(NC(=O)c2cccs2)c1.Cl. The smallest absolute Gasteiger partial charge is 0.265 e. The number of halogens is 2. The summed E-state index contributed by atoms with van der Waals surface area (Å²) in [6.07, 6.45) is 0.696. The van der Waals surface area contributed by atoms with E-state index in [9.17, 15) is 9.59 Å². The second-order valence-corrected chi connectivity index (χ2v) is 6.50. The lowest BCUT2D eigenvalue weighted by Gasteiger charge is -2.10. The molecule has 2 aromatic rings. The molecule has 8 heteroatoms. The first kappa shape index (κ1) is 20.4. The number of nitrogens with two attached hydrogens (primary N) is 1. The van der Waals surface area contributed by atoms with Gasteiger partial charge in [-0.05, 0) is 43.0 Å². The van der Waals surface area contributed by atoms with Crippen molar-refractivity contribution in [3.63, 3.8) is 0 Å². The molecule has 0 aliphatic heterocycles. The third-order valence-electron chi connectivity index (χ3n) is 3.11. The topological polar surface area (TPSA) is 84.2 Å². The van der Waals surface area contributed by atoms with Gasteiger partial charge in [-0.25, -0.2) is 0 Å². The number of nitrogens with one attached hydrogen (secondary N) is 2. The van der Waals surface area contributed by atoms with Crippen molar-refractivity contribution in [2.24, 2.45) is 5.73 Å². The summed E-state index contributed by atoms with van der Waals surface area (Å²) in [5, 5.41) is 7.70. The summed E-state index contributed by atoms with van der Waals surface area (Å²) >= 11 is 7.43. The van der Waals surface area contributed by atoms with Crippen LogP contribution in [0.5, 0.6) is 0 Å². The zero-order chi connectivity index (χ0) is 16.8. The van der Waals surface area contributed by atoms with Crippen molar-refractivity contribution in [1.29, 1.82) is 0 Å². The number of carbonyl (C=O) groups is 2. The van der Waals surface area contributed by atoms with Crippen LogP contribution in [0.1, 0.15) is 33.4 Å². The molecule has 1 heterocycles. The van der Waals surface area contributed by atoms with Crippen LogP contribution in [-0.2, 0) is 0 Å². The lowest BCUT2D eigenvalue weighted by molar-refractivity contribution is 0.0951. The van der Waals surface area contributed by atoms with E-state index in [1.807, 2.05) is 12.3 Å². The second kappa shape index (κ2) is 9.64. The standard InChI is InChI=1S/C16H18ClN3O2S.ClH/c1-10(18)6-7-19-15(21)11-4-5-12(17)13(9-11)20-16(22)14-3-2-8-23-14;/h2-5,8-10H,6-7,18H2,1H3,(H,19,21)(H,20,22);1H. The highest BCUT2D eigenvalue weighted by molar-refractivity contribution is 7.12. The van der Waals surface area contributed by atoms with Gasteiger partial charge < -0.3 is 16.4 Å². The zero-order valence-electron chi connectivity index (χ0n) is 13.0. The first-order chi connectivity index (χ1) is 11.0. The van der Waals surface area contributed by atoms with Crippen molar-refractivity contribution in [2.75, 3.05) is 11.9 Å². The molecule has 0 fully saturated rings. The molecule has 0 radical (unpaired) electrons. The summed E-state index contributed by atoms with van der Waals surface area (Å²) in [5.41, 5.74) is 6.49. The summed E-state index contributed by atoms with van der Waals surface area (Å²) in [6.45, 7) is 2.38. The van der Waals surface area contributed by atoms with Gasteiger partial charge in [-0.15, -0.1) is 23.7 Å². The van der Waals surface area contributed by atoms with Crippen LogP contribution in [0.25, 0.3) is 0 Å². The molecule has 24 heavy (non-hydrogen) atoms. The molecule has 5 nitrogen and oxygen atoms in total. The van der Waals surface area contributed by atoms with Gasteiger partial charge in [-0.3, -0.25) is 9.59 Å². The highest BCUT2D eigenvalue weighted by Crippen LogP contribution is 2.24. The van der Waals surface area contributed by atoms with Crippen molar-refractivity contribution < 1.29 is 9.59 Å². The van der Waals surface area contributed by atoms with E-state index < -0.39 is 0 Å². The van der Waals surface area contributed by atoms with Crippen LogP contribution in [0, 0.1) is 0 Å². The van der Waals surface area contributed by atoms with Gasteiger partial charge in [0.25, 0.3) is 11.8 Å². The van der Waals surface area contributed by atoms with Gasteiger partial charge in [-0.2, -0.15) is 0 Å². The molecule has 0 saturated heterocycles. The van der Waals surface area contributed by atoms with Gasteiger partial charge in [0.05, 0.1) is 15.6 Å². The van der Waals surface area contributed by atoms with Gasteiger partial charge in [0.2, 0.25) is 0 Å². The van der Waals surface area contributed by atoms with Crippen LogP contribution in [0.3, 0.4) is 0 Å². The lowest BCUT2D eigenvalue weighted by atomic mass is 10.1. The van der Waals surface area contributed by atoms with Crippen LogP contribution in [-0.4, -0.2) is 24.4 Å². The molecule has 1 aromatic heterocycles. The number of anilines is 1. The third-order valence-corrected chi connectivity index (χ3v) is 4.31. The minimum absolute atomic E-state index is 0. The summed E-state index contributed by atoms with van der Waals surface area (Å²) < 4.78 is 0. The van der Waals surface area contributed by atoms with Gasteiger partial charge in [-0.1, -0.05) is 17.7 Å². The summed E-state index contributed by atoms with van der Waals surface area (Å²) in [5.74, 6) is -0.481. The maximum atomic E-state index is 12.1. The monoisotopic (exact) mass is 387 g/mol. The van der Waals surface area contributed by atoms with E-state index >= 15 is 0 Å². The Morgan fingerprint density at radius 1 is 1.29 bits per heavy atom. The molecule has 0 aliphatic rings. The molecule has 2 amide bonds. The Hall–Kier alpha value is -1.60. The Balaban J connectivity index is 0.00000288. The molecular formula is C16H19Cl2N3O2S. The molecule has 4 N–H and O–H groups in total. The van der Waals surface area contributed by atoms with Crippen molar-refractivity contribution in [1.82, 2.24) is 5.32 Å². The fraction of sp³-hybridized carbons (Fsp3) is 0.250.